The van der Waals surface area contributed by atoms with Crippen LogP contribution in [-0.2, 0) is 0 Å². The number of rotatable bonds is 1. The van der Waals surface area contributed by atoms with Crippen molar-refractivity contribution >= 4 is 17.2 Å². The zero-order chi connectivity index (χ0) is 7.72. The molecule has 4 heteroatoms. The van der Waals surface area contributed by atoms with Gasteiger partial charge in [-0.05, 0) is 13.8 Å². The van der Waals surface area contributed by atoms with Crippen molar-refractivity contribution in [2.24, 2.45) is 5.73 Å². The molecule has 1 aromatic heterocycles. The Morgan fingerprint density at radius 3 is 2.40 bits per heavy atom. The lowest BCUT2D eigenvalue weighted by Gasteiger charge is -1.85. The Bertz CT molecular complexity index is 267. The predicted molar refractivity (Wildman–Crippen MR) is 40.1 cm³/mol. The van der Waals surface area contributed by atoms with Crippen molar-refractivity contribution in [3.8, 4) is 0 Å². The summed E-state index contributed by atoms with van der Waals surface area (Å²) in [6.07, 6.45) is 0. The molecule has 1 rings (SSSR count). The Morgan fingerprint density at radius 2 is 2.20 bits per heavy atom. The fraction of sp³-hybridized carbons (Fsp3) is 0.333. The van der Waals surface area contributed by atoms with Crippen LogP contribution in [0.3, 0.4) is 0 Å². The SMILES string of the molecule is Cc1nc(C)c(C(N)=O)s1. The normalized spacial score (nSPS) is 9.80. The summed E-state index contributed by atoms with van der Waals surface area (Å²) in [6, 6.07) is 0. The van der Waals surface area contributed by atoms with Crippen LogP contribution in [0.5, 0.6) is 0 Å². The van der Waals surface area contributed by atoms with Crippen molar-refractivity contribution in [3.05, 3.63) is 15.6 Å². The molecular weight excluding hydrogens is 148 g/mol. The average molecular weight is 156 g/mol. The third kappa shape index (κ3) is 1.16. The summed E-state index contributed by atoms with van der Waals surface area (Å²) in [4.78, 5) is 15.2. The van der Waals surface area contributed by atoms with Gasteiger partial charge in [0.2, 0.25) is 0 Å². The summed E-state index contributed by atoms with van der Waals surface area (Å²) < 4.78 is 0. The Hall–Kier alpha value is -0.900. The first-order valence-corrected chi connectivity index (χ1v) is 3.66. The maximum absolute atomic E-state index is 10.6. The highest BCUT2D eigenvalue weighted by Gasteiger charge is 2.08. The molecule has 0 saturated carbocycles. The highest BCUT2D eigenvalue weighted by atomic mass is 32.1. The molecule has 2 N–H and O–H groups in total. The third-order valence-corrected chi connectivity index (χ3v) is 2.21. The minimum atomic E-state index is -0.386. The molecule has 1 heterocycles. The number of carbonyl (C=O) groups excluding carboxylic acids is 1. The van der Waals surface area contributed by atoms with Crippen LogP contribution in [0.2, 0.25) is 0 Å². The molecule has 3 nitrogen and oxygen atoms in total. The van der Waals surface area contributed by atoms with Crippen LogP contribution in [0.15, 0.2) is 0 Å². The quantitative estimate of drug-likeness (QED) is 0.655. The van der Waals surface area contributed by atoms with E-state index in [9.17, 15) is 4.79 Å². The molecule has 54 valence electrons. The van der Waals surface area contributed by atoms with Gasteiger partial charge in [-0.1, -0.05) is 0 Å². The van der Waals surface area contributed by atoms with Gasteiger partial charge in [0.05, 0.1) is 10.7 Å². The monoisotopic (exact) mass is 156 g/mol. The van der Waals surface area contributed by atoms with E-state index in [1.807, 2.05) is 6.92 Å². The van der Waals surface area contributed by atoms with Gasteiger partial charge in [-0.15, -0.1) is 11.3 Å². The van der Waals surface area contributed by atoms with Gasteiger partial charge in [0.1, 0.15) is 4.88 Å². The van der Waals surface area contributed by atoms with Gasteiger partial charge in [0.25, 0.3) is 5.91 Å². The first kappa shape index (κ1) is 7.21. The first-order chi connectivity index (χ1) is 4.61. The lowest BCUT2D eigenvalue weighted by molar-refractivity contribution is 0.100. The molecule has 0 atom stereocenters. The van der Waals surface area contributed by atoms with Crippen LogP contribution in [0.25, 0.3) is 0 Å². The third-order valence-electron chi connectivity index (χ3n) is 1.13. The molecule has 0 aliphatic carbocycles. The number of hydrogen-bond donors (Lipinski definition) is 1. The first-order valence-electron chi connectivity index (χ1n) is 2.85. The molecule has 0 radical (unpaired) electrons. The van der Waals surface area contributed by atoms with Crippen molar-refractivity contribution in [1.82, 2.24) is 4.98 Å². The summed E-state index contributed by atoms with van der Waals surface area (Å²) in [6.45, 7) is 3.63. The summed E-state index contributed by atoms with van der Waals surface area (Å²) in [5.41, 5.74) is 5.79. The molecule has 0 unspecified atom stereocenters. The van der Waals surface area contributed by atoms with Crippen molar-refractivity contribution in [2.45, 2.75) is 13.8 Å². The number of primary amides is 1. The molecule has 1 aromatic rings. The maximum Gasteiger partial charge on any atom is 0.260 e. The number of hydrogen-bond acceptors (Lipinski definition) is 3. The van der Waals surface area contributed by atoms with Gasteiger partial charge < -0.3 is 5.73 Å². The van der Waals surface area contributed by atoms with Gasteiger partial charge >= 0.3 is 0 Å². The number of nitrogens with two attached hydrogens (primary N) is 1. The van der Waals surface area contributed by atoms with Crippen molar-refractivity contribution in [2.75, 3.05) is 0 Å². The standard InChI is InChI=1S/C6H8N2OS/c1-3-5(6(7)9)10-4(2)8-3/h1-2H3,(H2,7,9). The van der Waals surface area contributed by atoms with E-state index in [0.29, 0.717) is 4.88 Å². The summed E-state index contributed by atoms with van der Waals surface area (Å²) in [5, 5.41) is 0.881. The molecule has 0 fully saturated rings. The van der Waals surface area contributed by atoms with Gasteiger partial charge in [0.15, 0.2) is 0 Å². The highest BCUT2D eigenvalue weighted by Crippen LogP contribution is 2.15. The number of aryl methyl sites for hydroxylation is 2. The summed E-state index contributed by atoms with van der Waals surface area (Å²) >= 11 is 1.34. The van der Waals surface area contributed by atoms with E-state index in [1.54, 1.807) is 6.92 Å². The van der Waals surface area contributed by atoms with Crippen LogP contribution >= 0.6 is 11.3 Å². The van der Waals surface area contributed by atoms with Gasteiger partial charge in [-0.3, -0.25) is 4.79 Å². The second-order valence-electron chi connectivity index (χ2n) is 2.01. The zero-order valence-electron chi connectivity index (χ0n) is 5.84. The number of amides is 1. The molecule has 10 heavy (non-hydrogen) atoms. The smallest absolute Gasteiger partial charge is 0.260 e. The topological polar surface area (TPSA) is 56.0 Å². The Morgan fingerprint density at radius 1 is 1.60 bits per heavy atom. The Labute approximate surface area is 62.9 Å². The van der Waals surface area contributed by atoms with Crippen LogP contribution in [0.4, 0.5) is 0 Å². The fourth-order valence-corrected chi connectivity index (χ4v) is 1.53. The lowest BCUT2D eigenvalue weighted by atomic mass is 10.4. The van der Waals surface area contributed by atoms with Gasteiger partial charge in [-0.2, -0.15) is 0 Å². The number of thiazole rings is 1. The second-order valence-corrected chi connectivity index (χ2v) is 3.21. The lowest BCUT2D eigenvalue weighted by Crippen LogP contribution is -2.09. The minimum absolute atomic E-state index is 0.386. The minimum Gasteiger partial charge on any atom is -0.365 e. The molecule has 0 aliphatic rings. The molecule has 1 amide bonds. The van der Waals surface area contributed by atoms with E-state index in [1.165, 1.54) is 11.3 Å². The van der Waals surface area contributed by atoms with Gasteiger partial charge in [0, 0.05) is 0 Å². The van der Waals surface area contributed by atoms with E-state index >= 15 is 0 Å². The van der Waals surface area contributed by atoms with E-state index in [2.05, 4.69) is 4.98 Å². The van der Waals surface area contributed by atoms with Crippen molar-refractivity contribution < 1.29 is 4.79 Å². The number of nitrogens with zero attached hydrogens (tertiary/aromatic N) is 1. The Balaban J connectivity index is 3.15. The molecule has 0 spiro atoms. The fourth-order valence-electron chi connectivity index (χ4n) is 0.760. The van der Waals surface area contributed by atoms with E-state index in [-0.39, 0.29) is 5.91 Å². The maximum atomic E-state index is 10.6. The Kier molecular flexibility index (Phi) is 1.72. The molecule has 0 aliphatic heterocycles. The van der Waals surface area contributed by atoms with E-state index in [4.69, 9.17) is 5.73 Å². The molecule has 0 bridgehead atoms. The van der Waals surface area contributed by atoms with Crippen LogP contribution < -0.4 is 5.73 Å². The zero-order valence-corrected chi connectivity index (χ0v) is 6.66. The summed E-state index contributed by atoms with van der Waals surface area (Å²) in [7, 11) is 0. The van der Waals surface area contributed by atoms with E-state index in [0.717, 1.165) is 10.7 Å². The van der Waals surface area contributed by atoms with Crippen LogP contribution in [0, 0.1) is 13.8 Å². The van der Waals surface area contributed by atoms with E-state index < -0.39 is 0 Å². The number of aromatic nitrogens is 1. The van der Waals surface area contributed by atoms with Gasteiger partial charge in [-0.25, -0.2) is 4.98 Å². The average Bonchev–Trinajstić information content (AvgIpc) is 2.10. The molecule has 0 saturated heterocycles. The second kappa shape index (κ2) is 2.38. The van der Waals surface area contributed by atoms with Crippen molar-refractivity contribution in [3.63, 3.8) is 0 Å². The van der Waals surface area contributed by atoms with Crippen LogP contribution in [0.1, 0.15) is 20.4 Å². The summed E-state index contributed by atoms with van der Waals surface area (Å²) in [5.74, 6) is -0.386. The molecule has 0 aromatic carbocycles. The van der Waals surface area contributed by atoms with Crippen LogP contribution in [-0.4, -0.2) is 10.9 Å². The predicted octanol–water partition coefficient (Wildman–Crippen LogP) is 0.859. The number of carbonyl (C=O) groups is 1. The highest BCUT2D eigenvalue weighted by molar-refractivity contribution is 7.13. The largest absolute Gasteiger partial charge is 0.365 e. The van der Waals surface area contributed by atoms with Crippen molar-refractivity contribution in [1.29, 1.82) is 0 Å². The molecular formula is C6H8N2OS.